The number of anilines is 1. The standard InChI is InChI=1S/C17H17N3O4S/c1-23-15(21)9-13(16(22)24-2)19-12-5-3-11(4-6-12)14-10-25-17-18-7-8-20(14)17/h3-6,9-10,19H,7-8H2,1-2H3/b13-9+. The van der Waals surface area contributed by atoms with Crippen LogP contribution in [0.5, 0.6) is 0 Å². The molecular weight excluding hydrogens is 342 g/mol. The van der Waals surface area contributed by atoms with E-state index in [9.17, 15) is 9.59 Å². The molecule has 2 aliphatic rings. The van der Waals surface area contributed by atoms with Gasteiger partial charge in [0.1, 0.15) is 5.70 Å². The lowest BCUT2D eigenvalue weighted by molar-refractivity contribution is -0.138. The fourth-order valence-corrected chi connectivity index (χ4v) is 3.42. The molecule has 0 saturated heterocycles. The average Bonchev–Trinajstić information content (AvgIpc) is 3.24. The van der Waals surface area contributed by atoms with Gasteiger partial charge in [-0.3, -0.25) is 4.99 Å². The van der Waals surface area contributed by atoms with Gasteiger partial charge in [0.25, 0.3) is 0 Å². The summed E-state index contributed by atoms with van der Waals surface area (Å²) in [6.45, 7) is 1.71. The van der Waals surface area contributed by atoms with Crippen molar-refractivity contribution in [1.82, 2.24) is 4.90 Å². The maximum absolute atomic E-state index is 11.8. The molecule has 0 saturated carbocycles. The molecule has 0 atom stereocenters. The molecule has 0 fully saturated rings. The Morgan fingerprint density at radius 3 is 2.68 bits per heavy atom. The zero-order chi connectivity index (χ0) is 17.8. The van der Waals surface area contributed by atoms with Crippen molar-refractivity contribution in [3.8, 4) is 0 Å². The summed E-state index contributed by atoms with van der Waals surface area (Å²) in [7, 11) is 2.49. The molecule has 7 nitrogen and oxygen atoms in total. The second kappa shape index (κ2) is 7.43. The van der Waals surface area contributed by atoms with E-state index in [1.165, 1.54) is 14.2 Å². The van der Waals surface area contributed by atoms with Crippen LogP contribution in [-0.2, 0) is 19.1 Å². The molecule has 1 N–H and O–H groups in total. The smallest absolute Gasteiger partial charge is 0.354 e. The van der Waals surface area contributed by atoms with Crippen molar-refractivity contribution < 1.29 is 19.1 Å². The van der Waals surface area contributed by atoms with Gasteiger partial charge in [0.15, 0.2) is 5.17 Å². The van der Waals surface area contributed by atoms with Crippen LogP contribution in [-0.4, -0.2) is 49.3 Å². The summed E-state index contributed by atoms with van der Waals surface area (Å²) in [5, 5.41) is 6.00. The van der Waals surface area contributed by atoms with Crippen molar-refractivity contribution in [2.24, 2.45) is 4.99 Å². The molecule has 3 rings (SSSR count). The second-order valence-corrected chi connectivity index (χ2v) is 6.05. The Kier molecular flexibility index (Phi) is 5.08. The molecule has 0 unspecified atom stereocenters. The van der Waals surface area contributed by atoms with E-state index < -0.39 is 11.9 Å². The monoisotopic (exact) mass is 359 g/mol. The number of methoxy groups -OCH3 is 2. The third-order valence-corrected chi connectivity index (χ3v) is 4.60. The Hall–Kier alpha value is -2.74. The molecule has 0 radical (unpaired) electrons. The first-order valence-electron chi connectivity index (χ1n) is 7.56. The number of fused-ring (bicyclic) bond motifs is 1. The molecule has 0 aliphatic carbocycles. The van der Waals surface area contributed by atoms with Gasteiger partial charge in [0.2, 0.25) is 0 Å². The highest BCUT2D eigenvalue weighted by Gasteiger charge is 2.26. The van der Waals surface area contributed by atoms with E-state index in [1.807, 2.05) is 24.3 Å². The molecular formula is C17H17N3O4S. The molecule has 2 heterocycles. The van der Waals surface area contributed by atoms with Gasteiger partial charge in [-0.15, -0.1) is 0 Å². The maximum atomic E-state index is 11.8. The van der Waals surface area contributed by atoms with Crippen molar-refractivity contribution in [3.05, 3.63) is 47.0 Å². The number of hydrogen-bond donors (Lipinski definition) is 1. The topological polar surface area (TPSA) is 80.2 Å². The van der Waals surface area contributed by atoms with Crippen LogP contribution < -0.4 is 5.32 Å². The van der Waals surface area contributed by atoms with Gasteiger partial charge in [-0.25, -0.2) is 9.59 Å². The number of ether oxygens (including phenoxy) is 2. The van der Waals surface area contributed by atoms with Crippen molar-refractivity contribution in [2.45, 2.75) is 0 Å². The van der Waals surface area contributed by atoms with Gasteiger partial charge in [0, 0.05) is 17.6 Å². The van der Waals surface area contributed by atoms with Crippen LogP contribution in [0.1, 0.15) is 5.56 Å². The predicted octanol–water partition coefficient (Wildman–Crippen LogP) is 2.05. The second-order valence-electron chi connectivity index (χ2n) is 5.21. The van der Waals surface area contributed by atoms with Crippen LogP contribution in [0.3, 0.4) is 0 Å². The largest absolute Gasteiger partial charge is 0.466 e. The van der Waals surface area contributed by atoms with Gasteiger partial charge < -0.3 is 19.7 Å². The normalized spacial score (nSPS) is 16.1. The molecule has 1 aromatic rings. The molecule has 2 aliphatic heterocycles. The first-order valence-corrected chi connectivity index (χ1v) is 8.44. The molecule has 1 aromatic carbocycles. The van der Waals surface area contributed by atoms with E-state index in [0.29, 0.717) is 5.69 Å². The summed E-state index contributed by atoms with van der Waals surface area (Å²) in [5.74, 6) is -1.29. The fourth-order valence-electron chi connectivity index (χ4n) is 2.46. The summed E-state index contributed by atoms with van der Waals surface area (Å²) in [4.78, 5) is 29.8. The number of rotatable bonds is 5. The first kappa shape index (κ1) is 17.1. The van der Waals surface area contributed by atoms with Crippen molar-refractivity contribution >= 4 is 40.3 Å². The van der Waals surface area contributed by atoms with Gasteiger partial charge in [0.05, 0.1) is 32.5 Å². The molecule has 8 heteroatoms. The van der Waals surface area contributed by atoms with Gasteiger partial charge >= 0.3 is 11.9 Å². The van der Waals surface area contributed by atoms with Gasteiger partial charge in [-0.05, 0) is 17.7 Å². The maximum Gasteiger partial charge on any atom is 0.354 e. The lowest BCUT2D eigenvalue weighted by Gasteiger charge is -2.17. The number of thioether (sulfide) groups is 1. The van der Waals surface area contributed by atoms with Gasteiger partial charge in [-0.2, -0.15) is 0 Å². The minimum atomic E-state index is -0.651. The number of carbonyl (C=O) groups excluding carboxylic acids is 2. The number of carbonyl (C=O) groups is 2. The zero-order valence-corrected chi connectivity index (χ0v) is 14.6. The van der Waals surface area contributed by atoms with Crippen LogP contribution in [0.2, 0.25) is 0 Å². The average molecular weight is 359 g/mol. The lowest BCUT2D eigenvalue weighted by atomic mass is 10.1. The highest BCUT2D eigenvalue weighted by atomic mass is 32.2. The number of amidine groups is 1. The molecule has 0 spiro atoms. The lowest BCUT2D eigenvalue weighted by Crippen LogP contribution is -2.19. The number of hydrogen-bond acceptors (Lipinski definition) is 8. The van der Waals surface area contributed by atoms with Crippen LogP contribution in [0, 0.1) is 0 Å². The zero-order valence-electron chi connectivity index (χ0n) is 13.8. The highest BCUT2D eigenvalue weighted by molar-refractivity contribution is 8.16. The van der Waals surface area contributed by atoms with E-state index in [4.69, 9.17) is 0 Å². The summed E-state index contributed by atoms with van der Waals surface area (Å²) in [6.07, 6.45) is 1.06. The first-order chi connectivity index (χ1) is 12.1. The van der Waals surface area contributed by atoms with E-state index in [1.54, 1.807) is 11.8 Å². The third-order valence-electron chi connectivity index (χ3n) is 3.70. The van der Waals surface area contributed by atoms with E-state index >= 15 is 0 Å². The summed E-state index contributed by atoms with van der Waals surface area (Å²) in [5.41, 5.74) is 2.84. The molecule has 130 valence electrons. The van der Waals surface area contributed by atoms with Crippen molar-refractivity contribution in [3.63, 3.8) is 0 Å². The number of nitrogens with one attached hydrogen (secondary N) is 1. The summed E-state index contributed by atoms with van der Waals surface area (Å²) >= 11 is 1.62. The number of nitrogens with zero attached hydrogens (tertiary/aromatic N) is 2. The molecule has 0 aromatic heterocycles. The summed E-state index contributed by atoms with van der Waals surface area (Å²) in [6, 6.07) is 7.56. The van der Waals surface area contributed by atoms with Crippen LogP contribution in [0.4, 0.5) is 5.69 Å². The molecule has 0 bridgehead atoms. The van der Waals surface area contributed by atoms with E-state index in [0.717, 1.165) is 35.6 Å². The highest BCUT2D eigenvalue weighted by Crippen LogP contribution is 2.35. The van der Waals surface area contributed by atoms with Crippen LogP contribution in [0.25, 0.3) is 5.70 Å². The fraction of sp³-hybridized carbons (Fsp3) is 0.235. The van der Waals surface area contributed by atoms with Gasteiger partial charge in [-0.1, -0.05) is 23.9 Å². The van der Waals surface area contributed by atoms with E-state index in [-0.39, 0.29) is 5.70 Å². The Morgan fingerprint density at radius 1 is 1.24 bits per heavy atom. The number of esters is 2. The molecule has 0 amide bonds. The van der Waals surface area contributed by atoms with Crippen molar-refractivity contribution in [2.75, 3.05) is 32.6 Å². The summed E-state index contributed by atoms with van der Waals surface area (Å²) < 4.78 is 9.22. The van der Waals surface area contributed by atoms with Crippen molar-refractivity contribution in [1.29, 1.82) is 0 Å². The Balaban J connectivity index is 1.75. The SMILES string of the molecule is COC(=O)/C=C(/Nc1ccc(C2=CSC3=NCCN23)cc1)C(=O)OC. The molecule has 25 heavy (non-hydrogen) atoms. The minimum Gasteiger partial charge on any atom is -0.466 e. The van der Waals surface area contributed by atoms with Crippen LogP contribution >= 0.6 is 11.8 Å². The Labute approximate surface area is 149 Å². The van der Waals surface area contributed by atoms with E-state index in [2.05, 4.69) is 30.1 Å². The minimum absolute atomic E-state index is 0.00620. The quantitative estimate of drug-likeness (QED) is 0.636. The predicted molar refractivity (Wildman–Crippen MR) is 96.8 cm³/mol. The number of aliphatic imine (C=N–C) groups is 1. The third kappa shape index (κ3) is 3.69. The number of benzene rings is 1. The Morgan fingerprint density at radius 2 is 2.00 bits per heavy atom. The van der Waals surface area contributed by atoms with Crippen LogP contribution in [0.15, 0.2) is 46.4 Å². The Bertz CT molecular complexity index is 784.